The lowest BCUT2D eigenvalue weighted by molar-refractivity contribution is 0.0232. The van der Waals surface area contributed by atoms with Crippen LogP contribution in [-0.2, 0) is 11.4 Å². The average molecular weight is 389 g/mol. The third-order valence-corrected chi connectivity index (χ3v) is 3.83. The molecular weight excluding hydrogens is 376 g/mol. The normalized spacial score (nSPS) is 10.4. The summed E-state index contributed by atoms with van der Waals surface area (Å²) in [5.74, 6) is -0.0509. The van der Waals surface area contributed by atoms with Gasteiger partial charge in [-0.2, -0.15) is 0 Å². The molecule has 0 saturated heterocycles. The van der Waals surface area contributed by atoms with Crippen LogP contribution in [0.25, 0.3) is 0 Å². The first-order valence-corrected chi connectivity index (χ1v) is 7.75. The van der Waals surface area contributed by atoms with Crippen LogP contribution in [0.5, 0.6) is 0 Å². The Morgan fingerprint density at radius 1 is 1.17 bits per heavy atom. The van der Waals surface area contributed by atoms with Gasteiger partial charge in [-0.15, -0.1) is 10.2 Å². The van der Waals surface area contributed by atoms with Crippen LogP contribution in [0.4, 0.5) is 5.82 Å². The zero-order valence-corrected chi connectivity index (χ0v) is 14.0. The highest BCUT2D eigenvalue weighted by Gasteiger charge is 2.13. The van der Waals surface area contributed by atoms with Gasteiger partial charge in [-0.1, -0.05) is 34.1 Å². The second-order valence-electron chi connectivity index (χ2n) is 4.69. The molecule has 0 aliphatic carbocycles. The smallest absolute Gasteiger partial charge is 0.274 e. The minimum atomic E-state index is -0.411. The van der Waals surface area contributed by atoms with Gasteiger partial charge in [0.25, 0.3) is 5.91 Å². The molecule has 1 amide bonds. The SMILES string of the molecule is O=C(NOCc1ccccc1Br)c1cccnc1Nn1cnnc1. The van der Waals surface area contributed by atoms with Gasteiger partial charge in [-0.3, -0.25) is 15.1 Å². The predicted molar refractivity (Wildman–Crippen MR) is 89.7 cm³/mol. The molecule has 0 saturated carbocycles. The fraction of sp³-hybridized carbons (Fsp3) is 0.0667. The van der Waals surface area contributed by atoms with E-state index in [0.717, 1.165) is 10.0 Å². The lowest BCUT2D eigenvalue weighted by atomic mass is 10.2. The van der Waals surface area contributed by atoms with Gasteiger partial charge in [-0.05, 0) is 23.8 Å². The van der Waals surface area contributed by atoms with E-state index in [4.69, 9.17) is 4.84 Å². The standard InChI is InChI=1S/C15H13BrN6O2/c16-13-6-2-1-4-11(13)8-24-21-15(23)12-5-3-7-17-14(12)20-22-9-18-19-10-22/h1-7,9-10H,8H2,(H,17,20)(H,21,23). The van der Waals surface area contributed by atoms with Gasteiger partial charge < -0.3 is 0 Å². The maximum Gasteiger partial charge on any atom is 0.278 e. The fourth-order valence-electron chi connectivity index (χ4n) is 1.91. The molecule has 2 heterocycles. The van der Waals surface area contributed by atoms with E-state index in [0.29, 0.717) is 11.4 Å². The molecule has 0 fully saturated rings. The lowest BCUT2D eigenvalue weighted by Gasteiger charge is -2.11. The van der Waals surface area contributed by atoms with E-state index in [9.17, 15) is 4.79 Å². The van der Waals surface area contributed by atoms with E-state index < -0.39 is 5.91 Å². The maximum atomic E-state index is 12.3. The van der Waals surface area contributed by atoms with Crippen LogP contribution in [0.1, 0.15) is 15.9 Å². The van der Waals surface area contributed by atoms with E-state index in [-0.39, 0.29) is 6.61 Å². The summed E-state index contributed by atoms with van der Waals surface area (Å²) >= 11 is 3.43. The number of hydrogen-bond donors (Lipinski definition) is 2. The summed E-state index contributed by atoms with van der Waals surface area (Å²) in [6.07, 6.45) is 4.49. The molecule has 0 radical (unpaired) electrons. The van der Waals surface area contributed by atoms with Crippen molar-refractivity contribution in [1.29, 1.82) is 0 Å². The third-order valence-electron chi connectivity index (χ3n) is 3.06. The van der Waals surface area contributed by atoms with E-state index in [1.54, 1.807) is 18.3 Å². The van der Waals surface area contributed by atoms with Gasteiger partial charge in [0.2, 0.25) is 0 Å². The second-order valence-corrected chi connectivity index (χ2v) is 5.55. The number of hydroxylamine groups is 1. The molecule has 24 heavy (non-hydrogen) atoms. The highest BCUT2D eigenvalue weighted by molar-refractivity contribution is 9.10. The Morgan fingerprint density at radius 2 is 1.96 bits per heavy atom. The molecular formula is C15H13BrN6O2. The highest BCUT2D eigenvalue weighted by Crippen LogP contribution is 2.16. The van der Waals surface area contributed by atoms with E-state index in [1.165, 1.54) is 17.3 Å². The quantitative estimate of drug-likeness (QED) is 0.628. The van der Waals surface area contributed by atoms with Gasteiger partial charge in [-0.25, -0.2) is 15.1 Å². The first-order chi connectivity index (χ1) is 11.7. The molecule has 122 valence electrons. The molecule has 3 rings (SSSR count). The zero-order valence-electron chi connectivity index (χ0n) is 12.4. The third kappa shape index (κ3) is 3.94. The molecule has 2 aromatic heterocycles. The number of pyridine rings is 1. The Labute approximate surface area is 145 Å². The Bertz CT molecular complexity index is 824. The van der Waals surface area contributed by atoms with Gasteiger partial charge in [0, 0.05) is 10.7 Å². The molecule has 0 unspecified atom stereocenters. The molecule has 1 aromatic carbocycles. The van der Waals surface area contributed by atoms with Crippen LogP contribution in [-0.4, -0.2) is 25.8 Å². The molecule has 8 nitrogen and oxygen atoms in total. The van der Waals surface area contributed by atoms with Crippen LogP contribution < -0.4 is 10.9 Å². The molecule has 0 spiro atoms. The van der Waals surface area contributed by atoms with E-state index >= 15 is 0 Å². The number of carbonyl (C=O) groups is 1. The average Bonchev–Trinajstić information content (AvgIpc) is 3.10. The van der Waals surface area contributed by atoms with Crippen LogP contribution in [0.15, 0.2) is 59.7 Å². The van der Waals surface area contributed by atoms with Crippen molar-refractivity contribution in [3.8, 4) is 0 Å². The zero-order chi connectivity index (χ0) is 16.8. The number of nitrogens with one attached hydrogen (secondary N) is 2. The predicted octanol–water partition coefficient (Wildman–Crippen LogP) is 2.17. The minimum Gasteiger partial charge on any atom is -0.274 e. The van der Waals surface area contributed by atoms with Crippen molar-refractivity contribution in [3.05, 3.63) is 70.8 Å². The second kappa shape index (κ2) is 7.66. The van der Waals surface area contributed by atoms with Gasteiger partial charge in [0.1, 0.15) is 19.3 Å². The van der Waals surface area contributed by atoms with E-state index in [1.807, 2.05) is 24.3 Å². The van der Waals surface area contributed by atoms with Gasteiger partial charge >= 0.3 is 0 Å². The Balaban J connectivity index is 1.64. The lowest BCUT2D eigenvalue weighted by Crippen LogP contribution is -2.25. The number of anilines is 1. The summed E-state index contributed by atoms with van der Waals surface area (Å²) in [5, 5.41) is 7.35. The number of aromatic nitrogens is 4. The van der Waals surface area contributed by atoms with Crippen molar-refractivity contribution < 1.29 is 9.63 Å². The monoisotopic (exact) mass is 388 g/mol. The van der Waals surface area contributed by atoms with Crippen molar-refractivity contribution >= 4 is 27.7 Å². The maximum absolute atomic E-state index is 12.3. The molecule has 0 aliphatic heterocycles. The summed E-state index contributed by atoms with van der Waals surface area (Å²) in [6.45, 7) is 0.238. The Morgan fingerprint density at radius 3 is 2.75 bits per heavy atom. The number of amides is 1. The number of nitrogens with zero attached hydrogens (tertiary/aromatic N) is 4. The topological polar surface area (TPSA) is 94.0 Å². The highest BCUT2D eigenvalue weighted by atomic mass is 79.9. The summed E-state index contributed by atoms with van der Waals surface area (Å²) in [5.41, 5.74) is 6.58. The number of carbonyl (C=O) groups excluding carboxylic acids is 1. The first-order valence-electron chi connectivity index (χ1n) is 6.96. The van der Waals surface area contributed by atoms with Crippen molar-refractivity contribution in [2.75, 3.05) is 5.43 Å². The van der Waals surface area contributed by atoms with E-state index in [2.05, 4.69) is 42.0 Å². The summed E-state index contributed by atoms with van der Waals surface area (Å²) in [7, 11) is 0. The molecule has 2 N–H and O–H groups in total. The molecule has 3 aromatic rings. The van der Waals surface area contributed by atoms with Crippen LogP contribution >= 0.6 is 15.9 Å². The van der Waals surface area contributed by atoms with Gasteiger partial charge in [0.15, 0.2) is 5.82 Å². The van der Waals surface area contributed by atoms with Crippen LogP contribution in [0.2, 0.25) is 0 Å². The first kappa shape index (κ1) is 16.1. The summed E-state index contributed by atoms with van der Waals surface area (Å²) in [6, 6.07) is 10.9. The van der Waals surface area contributed by atoms with Crippen LogP contribution in [0, 0.1) is 0 Å². The largest absolute Gasteiger partial charge is 0.278 e. The van der Waals surface area contributed by atoms with Crippen LogP contribution in [0.3, 0.4) is 0 Å². The number of hydrogen-bond acceptors (Lipinski definition) is 6. The Hall–Kier alpha value is -2.78. The molecule has 0 atom stereocenters. The molecule has 0 bridgehead atoms. The molecule has 0 aliphatic rings. The summed E-state index contributed by atoms with van der Waals surface area (Å²) < 4.78 is 2.40. The molecule has 9 heteroatoms. The number of halogens is 1. The number of rotatable bonds is 6. The van der Waals surface area contributed by atoms with Crippen molar-refractivity contribution in [2.24, 2.45) is 0 Å². The summed E-state index contributed by atoms with van der Waals surface area (Å²) in [4.78, 5) is 21.7. The van der Waals surface area contributed by atoms with Crippen molar-refractivity contribution in [3.63, 3.8) is 0 Å². The number of benzene rings is 1. The Kier molecular flexibility index (Phi) is 5.14. The minimum absolute atomic E-state index is 0.238. The van der Waals surface area contributed by atoms with Gasteiger partial charge in [0.05, 0.1) is 5.56 Å². The van der Waals surface area contributed by atoms with Crippen molar-refractivity contribution in [1.82, 2.24) is 25.3 Å². The van der Waals surface area contributed by atoms with Crippen molar-refractivity contribution in [2.45, 2.75) is 6.61 Å². The fourth-order valence-corrected chi connectivity index (χ4v) is 2.31.